The lowest BCUT2D eigenvalue weighted by molar-refractivity contribution is -0.132. The van der Waals surface area contributed by atoms with E-state index in [-0.39, 0.29) is 5.69 Å². The van der Waals surface area contributed by atoms with Crippen molar-refractivity contribution < 1.29 is 19.1 Å². The van der Waals surface area contributed by atoms with E-state index in [0.717, 1.165) is 5.69 Å². The van der Waals surface area contributed by atoms with E-state index in [9.17, 15) is 9.59 Å². The summed E-state index contributed by atoms with van der Waals surface area (Å²) in [5, 5.41) is 10.4. The molecule has 0 unspecified atom stereocenters. The van der Waals surface area contributed by atoms with E-state index in [1.165, 1.54) is 20.2 Å². The minimum atomic E-state index is -0.439. The van der Waals surface area contributed by atoms with Crippen molar-refractivity contribution in [2.45, 2.75) is 13.8 Å². The Hall–Kier alpha value is -3.16. The van der Waals surface area contributed by atoms with Crippen LogP contribution in [0, 0.1) is 6.92 Å². The predicted molar refractivity (Wildman–Crippen MR) is 82.7 cm³/mol. The van der Waals surface area contributed by atoms with Gasteiger partial charge in [-0.25, -0.2) is 5.43 Å². The first-order valence-corrected chi connectivity index (χ1v) is 6.71. The number of carbonyl (C=O) groups is 2. The Balaban J connectivity index is 2.04. The summed E-state index contributed by atoms with van der Waals surface area (Å²) in [6, 6.07) is 6.50. The Labute approximate surface area is 132 Å². The first kappa shape index (κ1) is 16.2. The molecule has 8 heteroatoms. The number of aromatic amines is 1. The predicted octanol–water partition coefficient (Wildman–Crippen LogP) is 1.42. The number of benzene rings is 1. The second-order valence-corrected chi connectivity index (χ2v) is 4.64. The fourth-order valence-electron chi connectivity index (χ4n) is 1.76. The van der Waals surface area contributed by atoms with Gasteiger partial charge >= 0.3 is 5.97 Å². The highest BCUT2D eigenvalue weighted by Gasteiger charge is 2.09. The average molecular weight is 316 g/mol. The number of hydrogen-bond acceptors (Lipinski definition) is 6. The van der Waals surface area contributed by atoms with Gasteiger partial charge in [-0.05, 0) is 36.8 Å². The van der Waals surface area contributed by atoms with E-state index in [1.807, 2.05) is 0 Å². The zero-order valence-electron chi connectivity index (χ0n) is 12.9. The van der Waals surface area contributed by atoms with Gasteiger partial charge in [0.1, 0.15) is 0 Å². The third-order valence-electron chi connectivity index (χ3n) is 2.76. The second-order valence-electron chi connectivity index (χ2n) is 4.64. The standard InChI is InChI=1S/C15H16N4O4/c1-9-6-12(18-17-9)15(21)19-16-8-11-4-5-13(23-10(2)20)14(7-11)22-3/h4-8H,1-3H3,(H,17,18)(H,19,21). The van der Waals surface area contributed by atoms with Crippen molar-refractivity contribution in [2.75, 3.05) is 7.11 Å². The molecule has 0 radical (unpaired) electrons. The molecule has 1 heterocycles. The lowest BCUT2D eigenvalue weighted by atomic mass is 10.2. The molecule has 23 heavy (non-hydrogen) atoms. The van der Waals surface area contributed by atoms with Crippen LogP contribution in [0.4, 0.5) is 0 Å². The highest BCUT2D eigenvalue weighted by atomic mass is 16.6. The number of nitrogens with one attached hydrogen (secondary N) is 2. The van der Waals surface area contributed by atoms with Crippen LogP contribution in [0.5, 0.6) is 11.5 Å². The van der Waals surface area contributed by atoms with Crippen molar-refractivity contribution in [1.29, 1.82) is 0 Å². The molecule has 0 aliphatic rings. The van der Waals surface area contributed by atoms with Crippen LogP contribution in [-0.4, -0.2) is 35.4 Å². The van der Waals surface area contributed by atoms with Gasteiger partial charge in [-0.15, -0.1) is 0 Å². The molecule has 0 saturated heterocycles. The molecule has 1 aromatic heterocycles. The summed E-state index contributed by atoms with van der Waals surface area (Å²) >= 11 is 0. The lowest BCUT2D eigenvalue weighted by Gasteiger charge is -2.08. The number of hydrogen-bond donors (Lipinski definition) is 2. The van der Waals surface area contributed by atoms with Crippen molar-refractivity contribution in [2.24, 2.45) is 5.10 Å². The molecule has 0 saturated carbocycles. The maximum atomic E-state index is 11.8. The van der Waals surface area contributed by atoms with Crippen molar-refractivity contribution in [3.8, 4) is 11.5 Å². The van der Waals surface area contributed by atoms with Gasteiger partial charge in [-0.2, -0.15) is 10.2 Å². The molecule has 0 fully saturated rings. The van der Waals surface area contributed by atoms with Crippen LogP contribution in [0.25, 0.3) is 0 Å². The van der Waals surface area contributed by atoms with E-state index < -0.39 is 11.9 Å². The number of H-pyrrole nitrogens is 1. The molecule has 0 bridgehead atoms. The summed E-state index contributed by atoms with van der Waals surface area (Å²) in [6.45, 7) is 3.10. The van der Waals surface area contributed by atoms with E-state index >= 15 is 0 Å². The number of esters is 1. The Bertz CT molecular complexity index is 752. The highest BCUT2D eigenvalue weighted by molar-refractivity contribution is 5.93. The first-order valence-electron chi connectivity index (χ1n) is 6.71. The number of carbonyl (C=O) groups excluding carboxylic acids is 2. The highest BCUT2D eigenvalue weighted by Crippen LogP contribution is 2.27. The number of methoxy groups -OCH3 is 1. The zero-order chi connectivity index (χ0) is 16.8. The summed E-state index contributed by atoms with van der Waals surface area (Å²) < 4.78 is 10.2. The minimum absolute atomic E-state index is 0.252. The number of ether oxygens (including phenoxy) is 2. The van der Waals surface area contributed by atoms with Gasteiger partial charge in [0.25, 0.3) is 5.91 Å². The summed E-state index contributed by atoms with van der Waals surface area (Å²) in [5.74, 6) is -0.160. The van der Waals surface area contributed by atoms with Gasteiger partial charge in [0.2, 0.25) is 0 Å². The Morgan fingerprint density at radius 3 is 2.70 bits per heavy atom. The van der Waals surface area contributed by atoms with Crippen LogP contribution in [0.3, 0.4) is 0 Å². The van der Waals surface area contributed by atoms with Gasteiger partial charge in [0.15, 0.2) is 17.2 Å². The number of aromatic nitrogens is 2. The average Bonchev–Trinajstić information content (AvgIpc) is 2.94. The summed E-state index contributed by atoms with van der Waals surface area (Å²) in [5.41, 5.74) is 4.06. The Kier molecular flexibility index (Phi) is 5.08. The first-order chi connectivity index (χ1) is 11.0. The molecular formula is C15H16N4O4. The topological polar surface area (TPSA) is 106 Å². The maximum Gasteiger partial charge on any atom is 0.308 e. The van der Waals surface area contributed by atoms with E-state index in [0.29, 0.717) is 17.1 Å². The van der Waals surface area contributed by atoms with E-state index in [2.05, 4.69) is 20.7 Å². The van der Waals surface area contributed by atoms with Crippen LogP contribution in [-0.2, 0) is 4.79 Å². The lowest BCUT2D eigenvalue weighted by Crippen LogP contribution is -2.18. The number of nitrogens with zero attached hydrogens (tertiary/aromatic N) is 2. The van der Waals surface area contributed by atoms with Crippen molar-refractivity contribution in [1.82, 2.24) is 15.6 Å². The van der Waals surface area contributed by atoms with Gasteiger partial charge in [-0.3, -0.25) is 14.7 Å². The molecule has 0 atom stereocenters. The van der Waals surface area contributed by atoms with Crippen LogP contribution < -0.4 is 14.9 Å². The summed E-state index contributed by atoms with van der Waals surface area (Å²) in [6.07, 6.45) is 1.44. The molecule has 8 nitrogen and oxygen atoms in total. The number of hydrazone groups is 1. The van der Waals surface area contributed by atoms with Crippen LogP contribution in [0.15, 0.2) is 29.4 Å². The maximum absolute atomic E-state index is 11.8. The normalized spacial score (nSPS) is 10.6. The van der Waals surface area contributed by atoms with Crippen LogP contribution in [0.1, 0.15) is 28.7 Å². The SMILES string of the molecule is COc1cc(C=NNC(=O)c2cc(C)[nH]n2)ccc1OC(C)=O. The molecule has 2 aromatic rings. The molecule has 1 aromatic carbocycles. The molecule has 120 valence electrons. The summed E-state index contributed by atoms with van der Waals surface area (Å²) in [4.78, 5) is 22.7. The molecule has 0 aliphatic carbocycles. The smallest absolute Gasteiger partial charge is 0.308 e. The monoisotopic (exact) mass is 316 g/mol. The number of aryl methyl sites for hydroxylation is 1. The number of rotatable bonds is 5. The molecule has 2 rings (SSSR count). The molecular weight excluding hydrogens is 300 g/mol. The van der Waals surface area contributed by atoms with Crippen molar-refractivity contribution in [3.63, 3.8) is 0 Å². The minimum Gasteiger partial charge on any atom is -0.493 e. The third kappa shape index (κ3) is 4.40. The van der Waals surface area contributed by atoms with Crippen LogP contribution >= 0.6 is 0 Å². The van der Waals surface area contributed by atoms with Crippen molar-refractivity contribution >= 4 is 18.1 Å². The second kappa shape index (κ2) is 7.21. The molecule has 2 N–H and O–H groups in total. The van der Waals surface area contributed by atoms with Gasteiger partial charge in [0, 0.05) is 12.6 Å². The van der Waals surface area contributed by atoms with Gasteiger partial charge in [0.05, 0.1) is 13.3 Å². The Morgan fingerprint density at radius 2 is 2.09 bits per heavy atom. The fourth-order valence-corrected chi connectivity index (χ4v) is 1.76. The molecule has 0 aliphatic heterocycles. The largest absolute Gasteiger partial charge is 0.493 e. The zero-order valence-corrected chi connectivity index (χ0v) is 12.9. The summed E-state index contributed by atoms with van der Waals surface area (Å²) in [7, 11) is 1.46. The van der Waals surface area contributed by atoms with Crippen molar-refractivity contribution in [3.05, 3.63) is 41.2 Å². The number of amides is 1. The van der Waals surface area contributed by atoms with Crippen LogP contribution in [0.2, 0.25) is 0 Å². The van der Waals surface area contributed by atoms with E-state index in [4.69, 9.17) is 9.47 Å². The Morgan fingerprint density at radius 1 is 1.30 bits per heavy atom. The molecule has 1 amide bonds. The van der Waals surface area contributed by atoms with E-state index in [1.54, 1.807) is 31.2 Å². The van der Waals surface area contributed by atoms with Gasteiger partial charge < -0.3 is 9.47 Å². The quantitative estimate of drug-likeness (QED) is 0.375. The fraction of sp³-hybridized carbons (Fsp3) is 0.200. The third-order valence-corrected chi connectivity index (χ3v) is 2.76. The van der Waals surface area contributed by atoms with Gasteiger partial charge in [-0.1, -0.05) is 0 Å². The molecule has 0 spiro atoms.